The summed E-state index contributed by atoms with van der Waals surface area (Å²) in [4.78, 5) is 27.1. The van der Waals surface area contributed by atoms with Crippen molar-refractivity contribution in [3.8, 4) is 0 Å². The topological polar surface area (TPSA) is 117 Å². The zero-order valence-electron chi connectivity index (χ0n) is 12.0. The lowest BCUT2D eigenvalue weighted by atomic mass is 9.95. The lowest BCUT2D eigenvalue weighted by Crippen LogP contribution is -2.47. The van der Waals surface area contributed by atoms with Crippen LogP contribution in [0.2, 0.25) is 0 Å². The van der Waals surface area contributed by atoms with E-state index in [0.29, 0.717) is 24.6 Å². The van der Waals surface area contributed by atoms with Gasteiger partial charge in [0.2, 0.25) is 5.89 Å². The molecule has 1 aliphatic rings. The van der Waals surface area contributed by atoms with Gasteiger partial charge in [0.15, 0.2) is 5.82 Å². The predicted molar refractivity (Wildman–Crippen MR) is 72.4 cm³/mol. The molecule has 1 aromatic rings. The van der Waals surface area contributed by atoms with Crippen molar-refractivity contribution >= 4 is 12.0 Å². The third kappa shape index (κ3) is 4.44. The summed E-state index contributed by atoms with van der Waals surface area (Å²) >= 11 is 0. The highest BCUT2D eigenvalue weighted by atomic mass is 16.5. The van der Waals surface area contributed by atoms with Crippen molar-refractivity contribution in [2.24, 2.45) is 5.92 Å². The minimum Gasteiger partial charge on any atom is -0.481 e. The molecule has 3 N–H and O–H groups in total. The first-order valence-electron chi connectivity index (χ1n) is 7.12. The van der Waals surface area contributed by atoms with E-state index in [1.807, 2.05) is 0 Å². The fourth-order valence-corrected chi connectivity index (χ4v) is 2.56. The molecule has 2 atom stereocenters. The molecule has 0 saturated heterocycles. The highest BCUT2D eigenvalue weighted by Crippen LogP contribution is 2.23. The van der Waals surface area contributed by atoms with Crippen molar-refractivity contribution in [2.75, 3.05) is 0 Å². The van der Waals surface area contributed by atoms with Crippen molar-refractivity contribution in [2.45, 2.75) is 51.6 Å². The van der Waals surface area contributed by atoms with E-state index in [9.17, 15) is 14.7 Å². The van der Waals surface area contributed by atoms with Gasteiger partial charge in [-0.3, -0.25) is 4.79 Å². The third-order valence-electron chi connectivity index (χ3n) is 3.62. The van der Waals surface area contributed by atoms with Gasteiger partial charge in [-0.15, -0.1) is 0 Å². The summed E-state index contributed by atoms with van der Waals surface area (Å²) in [6.07, 6.45) is 4.10. The molecular formula is C13H20N4O4. The highest BCUT2D eigenvalue weighted by molar-refractivity contribution is 5.76. The minimum atomic E-state index is -0.852. The number of carboxylic acids is 1. The van der Waals surface area contributed by atoms with Crippen LogP contribution in [0.15, 0.2) is 4.52 Å². The zero-order valence-corrected chi connectivity index (χ0v) is 12.0. The second-order valence-electron chi connectivity index (χ2n) is 5.25. The molecule has 0 radical (unpaired) electrons. The number of carbonyl (C=O) groups is 2. The Kier molecular flexibility index (Phi) is 5.13. The first-order chi connectivity index (χ1) is 10.1. The maximum absolute atomic E-state index is 11.9. The Morgan fingerprint density at radius 3 is 2.76 bits per heavy atom. The molecule has 0 spiro atoms. The Bertz CT molecular complexity index is 502. The highest BCUT2D eigenvalue weighted by Gasteiger charge is 2.30. The number of amides is 2. The number of rotatable bonds is 4. The SMILES string of the molecule is Cc1noc(CNC(=O)NC2CCCCCC2C(=O)O)n1. The normalized spacial score (nSPS) is 22.3. The first kappa shape index (κ1) is 15.3. The number of nitrogens with zero attached hydrogens (tertiary/aromatic N) is 2. The third-order valence-corrected chi connectivity index (χ3v) is 3.62. The number of urea groups is 1. The van der Waals surface area contributed by atoms with E-state index in [0.717, 1.165) is 19.3 Å². The number of hydrogen-bond acceptors (Lipinski definition) is 5. The molecule has 1 aliphatic carbocycles. The molecule has 0 aliphatic heterocycles. The molecule has 1 heterocycles. The van der Waals surface area contributed by atoms with Crippen LogP contribution in [0.5, 0.6) is 0 Å². The molecule has 8 nitrogen and oxygen atoms in total. The van der Waals surface area contributed by atoms with Crippen LogP contribution in [0.25, 0.3) is 0 Å². The van der Waals surface area contributed by atoms with Gasteiger partial charge in [-0.1, -0.05) is 24.4 Å². The van der Waals surface area contributed by atoms with Crippen LogP contribution in [0.4, 0.5) is 4.79 Å². The van der Waals surface area contributed by atoms with Gasteiger partial charge in [-0.2, -0.15) is 4.98 Å². The van der Waals surface area contributed by atoms with Gasteiger partial charge < -0.3 is 20.3 Å². The van der Waals surface area contributed by atoms with Gasteiger partial charge in [-0.05, 0) is 19.8 Å². The number of hydrogen-bond donors (Lipinski definition) is 3. The van der Waals surface area contributed by atoms with E-state index in [4.69, 9.17) is 4.52 Å². The molecule has 1 aromatic heterocycles. The molecule has 2 unspecified atom stereocenters. The van der Waals surface area contributed by atoms with Gasteiger partial charge in [0.05, 0.1) is 12.5 Å². The summed E-state index contributed by atoms with van der Waals surface area (Å²) in [7, 11) is 0. The van der Waals surface area contributed by atoms with Crippen LogP contribution in [-0.2, 0) is 11.3 Å². The van der Waals surface area contributed by atoms with E-state index in [2.05, 4.69) is 20.8 Å². The van der Waals surface area contributed by atoms with E-state index in [1.54, 1.807) is 6.92 Å². The summed E-state index contributed by atoms with van der Waals surface area (Å²) in [6, 6.07) is -0.751. The summed E-state index contributed by atoms with van der Waals surface area (Å²) in [5.41, 5.74) is 0. The van der Waals surface area contributed by atoms with E-state index in [1.165, 1.54) is 0 Å². The number of carbonyl (C=O) groups excluding carboxylic acids is 1. The lowest BCUT2D eigenvalue weighted by Gasteiger charge is -2.22. The molecule has 0 aromatic carbocycles. The average Bonchev–Trinajstić information content (AvgIpc) is 2.70. The van der Waals surface area contributed by atoms with Gasteiger partial charge in [-0.25, -0.2) is 4.79 Å². The zero-order chi connectivity index (χ0) is 15.2. The Labute approximate surface area is 122 Å². The fraction of sp³-hybridized carbons (Fsp3) is 0.692. The van der Waals surface area contributed by atoms with Crippen LogP contribution in [0.3, 0.4) is 0 Å². The summed E-state index contributed by atoms with van der Waals surface area (Å²) in [5, 5.41) is 18.2. The molecule has 116 valence electrons. The van der Waals surface area contributed by atoms with Crippen molar-refractivity contribution in [1.82, 2.24) is 20.8 Å². The van der Waals surface area contributed by atoms with Crippen molar-refractivity contribution in [3.05, 3.63) is 11.7 Å². The van der Waals surface area contributed by atoms with E-state index < -0.39 is 17.9 Å². The smallest absolute Gasteiger partial charge is 0.315 e. The maximum Gasteiger partial charge on any atom is 0.315 e. The average molecular weight is 296 g/mol. The molecule has 0 bridgehead atoms. The quantitative estimate of drug-likeness (QED) is 0.719. The number of aromatic nitrogens is 2. The molecule has 21 heavy (non-hydrogen) atoms. The molecule has 2 amide bonds. The van der Waals surface area contributed by atoms with Crippen LogP contribution in [-0.4, -0.2) is 33.3 Å². The first-order valence-corrected chi connectivity index (χ1v) is 7.12. The molecule has 1 saturated carbocycles. The largest absolute Gasteiger partial charge is 0.481 e. The summed E-state index contributed by atoms with van der Waals surface area (Å²) in [6.45, 7) is 1.81. The Balaban J connectivity index is 1.85. The second-order valence-corrected chi connectivity index (χ2v) is 5.25. The van der Waals surface area contributed by atoms with E-state index in [-0.39, 0.29) is 12.6 Å². The van der Waals surface area contributed by atoms with Gasteiger partial charge in [0.25, 0.3) is 0 Å². The Hall–Kier alpha value is -2.12. The number of aryl methyl sites for hydroxylation is 1. The monoisotopic (exact) mass is 296 g/mol. The van der Waals surface area contributed by atoms with Crippen LogP contribution in [0.1, 0.15) is 43.8 Å². The molecule has 2 rings (SSSR count). The van der Waals surface area contributed by atoms with Gasteiger partial charge >= 0.3 is 12.0 Å². The standard InChI is InChI=1S/C13H20N4O4/c1-8-15-11(21-17-8)7-14-13(20)16-10-6-4-2-3-5-9(10)12(18)19/h9-10H,2-7H2,1H3,(H,18,19)(H2,14,16,20). The maximum atomic E-state index is 11.9. The number of aliphatic carboxylic acids is 1. The molecule has 8 heteroatoms. The van der Waals surface area contributed by atoms with Crippen LogP contribution in [0, 0.1) is 12.8 Å². The molecule has 1 fully saturated rings. The Morgan fingerprint density at radius 1 is 1.33 bits per heavy atom. The van der Waals surface area contributed by atoms with E-state index >= 15 is 0 Å². The van der Waals surface area contributed by atoms with Crippen LogP contribution >= 0.6 is 0 Å². The fourth-order valence-electron chi connectivity index (χ4n) is 2.56. The number of carboxylic acid groups (broad SMARTS) is 1. The van der Waals surface area contributed by atoms with Crippen molar-refractivity contribution < 1.29 is 19.2 Å². The summed E-state index contributed by atoms with van der Waals surface area (Å²) < 4.78 is 4.89. The Morgan fingerprint density at radius 2 is 2.10 bits per heavy atom. The van der Waals surface area contributed by atoms with Crippen molar-refractivity contribution in [3.63, 3.8) is 0 Å². The van der Waals surface area contributed by atoms with Crippen molar-refractivity contribution in [1.29, 1.82) is 0 Å². The lowest BCUT2D eigenvalue weighted by molar-refractivity contribution is -0.142. The summed E-state index contributed by atoms with van der Waals surface area (Å²) in [5.74, 6) is -0.557. The second kappa shape index (κ2) is 7.05. The molecular weight excluding hydrogens is 276 g/mol. The minimum absolute atomic E-state index is 0.122. The van der Waals surface area contributed by atoms with Gasteiger partial charge in [0.1, 0.15) is 0 Å². The number of nitrogens with one attached hydrogen (secondary N) is 2. The predicted octanol–water partition coefficient (Wildman–Crippen LogP) is 1.21. The van der Waals surface area contributed by atoms with Gasteiger partial charge in [0, 0.05) is 6.04 Å². The van der Waals surface area contributed by atoms with Crippen LogP contribution < -0.4 is 10.6 Å².